The monoisotopic (exact) mass is 352 g/mol. The lowest BCUT2D eigenvalue weighted by Crippen LogP contribution is -2.43. The van der Waals surface area contributed by atoms with Gasteiger partial charge in [-0.05, 0) is 57.2 Å². The molecule has 134 valence electrons. The molecule has 0 saturated heterocycles. The predicted octanol–water partition coefficient (Wildman–Crippen LogP) is 1.46. The van der Waals surface area contributed by atoms with Gasteiger partial charge in [-0.2, -0.15) is 10.2 Å². The summed E-state index contributed by atoms with van der Waals surface area (Å²) < 4.78 is 3.36. The maximum Gasteiger partial charge on any atom is 0.269 e. The van der Waals surface area contributed by atoms with Crippen LogP contribution >= 0.6 is 0 Å². The van der Waals surface area contributed by atoms with E-state index in [0.717, 1.165) is 22.8 Å². The van der Waals surface area contributed by atoms with Crippen molar-refractivity contribution in [2.24, 2.45) is 0 Å². The van der Waals surface area contributed by atoms with Crippen LogP contribution in [0.5, 0.6) is 0 Å². The molecule has 0 aliphatic heterocycles. The van der Waals surface area contributed by atoms with Crippen molar-refractivity contribution in [3.05, 3.63) is 65.2 Å². The number of amides is 2. The van der Waals surface area contributed by atoms with Crippen LogP contribution in [0.25, 0.3) is 5.69 Å². The second-order valence-electron chi connectivity index (χ2n) is 6.02. The summed E-state index contributed by atoms with van der Waals surface area (Å²) >= 11 is 0. The molecule has 0 saturated carbocycles. The molecular weight excluding hydrogens is 332 g/mol. The van der Waals surface area contributed by atoms with E-state index in [0.29, 0.717) is 5.56 Å². The van der Waals surface area contributed by atoms with Gasteiger partial charge in [-0.15, -0.1) is 0 Å². The van der Waals surface area contributed by atoms with Crippen LogP contribution < -0.4 is 10.9 Å². The average molecular weight is 352 g/mol. The van der Waals surface area contributed by atoms with Gasteiger partial charge in [0, 0.05) is 23.1 Å². The summed E-state index contributed by atoms with van der Waals surface area (Å²) in [6.07, 6.45) is 1.72. The Bertz CT molecular complexity index is 939. The molecule has 2 N–H and O–H groups in total. The Balaban J connectivity index is 1.57. The second kappa shape index (κ2) is 7.22. The van der Waals surface area contributed by atoms with E-state index in [2.05, 4.69) is 21.0 Å². The molecule has 2 amide bonds. The van der Waals surface area contributed by atoms with Crippen LogP contribution in [-0.4, -0.2) is 31.4 Å². The second-order valence-corrected chi connectivity index (χ2v) is 6.02. The van der Waals surface area contributed by atoms with Gasteiger partial charge in [0.15, 0.2) is 0 Å². The molecule has 3 aromatic rings. The van der Waals surface area contributed by atoms with Gasteiger partial charge < -0.3 is 0 Å². The number of hydrazine groups is 1. The lowest BCUT2D eigenvalue weighted by molar-refractivity contribution is -0.122. The molecule has 0 bridgehead atoms. The Morgan fingerprint density at radius 3 is 2.31 bits per heavy atom. The molecule has 2 aromatic heterocycles. The highest BCUT2D eigenvalue weighted by molar-refractivity contribution is 5.95. The molecule has 0 radical (unpaired) electrons. The van der Waals surface area contributed by atoms with E-state index in [9.17, 15) is 9.59 Å². The first kappa shape index (κ1) is 17.4. The van der Waals surface area contributed by atoms with Crippen molar-refractivity contribution < 1.29 is 9.59 Å². The third-order valence-electron chi connectivity index (χ3n) is 3.92. The van der Waals surface area contributed by atoms with Gasteiger partial charge in [-0.25, -0.2) is 4.68 Å². The van der Waals surface area contributed by atoms with Gasteiger partial charge in [-0.3, -0.25) is 25.1 Å². The van der Waals surface area contributed by atoms with Gasteiger partial charge in [0.2, 0.25) is 0 Å². The fraction of sp³-hybridized carbons (Fsp3) is 0.222. The van der Waals surface area contributed by atoms with Crippen molar-refractivity contribution in [2.75, 3.05) is 0 Å². The summed E-state index contributed by atoms with van der Waals surface area (Å²) in [5.41, 5.74) is 8.82. The number of benzene rings is 1. The number of carbonyl (C=O) groups excluding carboxylic acids is 2. The highest BCUT2D eigenvalue weighted by Crippen LogP contribution is 2.11. The Hall–Kier alpha value is -3.42. The fourth-order valence-corrected chi connectivity index (χ4v) is 2.60. The molecule has 0 unspecified atom stereocenters. The Kier molecular flexibility index (Phi) is 4.83. The number of carbonyl (C=O) groups is 2. The lowest BCUT2D eigenvalue weighted by atomic mass is 10.2. The molecule has 8 nitrogen and oxygen atoms in total. The smallest absolute Gasteiger partial charge is 0.269 e. The van der Waals surface area contributed by atoms with E-state index in [4.69, 9.17) is 0 Å². The van der Waals surface area contributed by atoms with Crippen molar-refractivity contribution in [1.29, 1.82) is 0 Å². The molecule has 0 spiro atoms. The van der Waals surface area contributed by atoms with Gasteiger partial charge in [0.25, 0.3) is 11.8 Å². The highest BCUT2D eigenvalue weighted by atomic mass is 16.2. The minimum Gasteiger partial charge on any atom is -0.271 e. The first-order chi connectivity index (χ1) is 12.4. The standard InChI is InChI=1S/C18H20N6O2/c1-12-10-14(3)23(22-12)11-17(25)20-21-18(26)15-4-6-16(7-5-15)24-13(2)8-9-19-24/h4-10H,11H2,1-3H3,(H,20,25)(H,21,26). The van der Waals surface area contributed by atoms with E-state index in [-0.39, 0.29) is 12.5 Å². The third kappa shape index (κ3) is 3.80. The van der Waals surface area contributed by atoms with Crippen LogP contribution in [-0.2, 0) is 11.3 Å². The van der Waals surface area contributed by atoms with Gasteiger partial charge in [0.1, 0.15) is 6.54 Å². The number of aryl methyl sites for hydroxylation is 3. The Morgan fingerprint density at radius 2 is 1.73 bits per heavy atom. The molecule has 0 atom stereocenters. The average Bonchev–Trinajstić information content (AvgIpc) is 3.18. The van der Waals surface area contributed by atoms with Gasteiger partial charge in [-0.1, -0.05) is 0 Å². The molecule has 3 rings (SSSR count). The van der Waals surface area contributed by atoms with Crippen LogP contribution in [0.15, 0.2) is 42.6 Å². The SMILES string of the molecule is Cc1cc(C)n(CC(=O)NNC(=O)c2ccc(-n3nccc3C)cc2)n1. The summed E-state index contributed by atoms with van der Waals surface area (Å²) in [6.45, 7) is 5.72. The van der Waals surface area contributed by atoms with Gasteiger partial charge in [0.05, 0.1) is 11.4 Å². The van der Waals surface area contributed by atoms with Crippen LogP contribution in [0.2, 0.25) is 0 Å². The normalized spacial score (nSPS) is 10.6. The van der Waals surface area contributed by atoms with Crippen molar-refractivity contribution in [2.45, 2.75) is 27.3 Å². The van der Waals surface area contributed by atoms with Crippen LogP contribution in [0.1, 0.15) is 27.4 Å². The number of nitrogens with one attached hydrogen (secondary N) is 2. The number of aromatic nitrogens is 4. The van der Waals surface area contributed by atoms with E-state index in [1.165, 1.54) is 0 Å². The first-order valence-corrected chi connectivity index (χ1v) is 8.15. The topological polar surface area (TPSA) is 93.8 Å². The lowest BCUT2D eigenvalue weighted by Gasteiger charge is -2.09. The third-order valence-corrected chi connectivity index (χ3v) is 3.92. The molecular formula is C18H20N6O2. The summed E-state index contributed by atoms with van der Waals surface area (Å²) in [5, 5.41) is 8.43. The summed E-state index contributed by atoms with van der Waals surface area (Å²) in [6, 6.07) is 10.7. The fourth-order valence-electron chi connectivity index (χ4n) is 2.60. The Morgan fingerprint density at radius 1 is 1.00 bits per heavy atom. The van der Waals surface area contributed by atoms with E-state index >= 15 is 0 Å². The van der Waals surface area contributed by atoms with Crippen molar-refractivity contribution >= 4 is 11.8 Å². The summed E-state index contributed by atoms with van der Waals surface area (Å²) in [4.78, 5) is 24.1. The number of hydrogen-bond acceptors (Lipinski definition) is 4. The van der Waals surface area contributed by atoms with Crippen molar-refractivity contribution in [3.8, 4) is 5.69 Å². The quantitative estimate of drug-likeness (QED) is 0.695. The number of rotatable bonds is 4. The molecule has 8 heteroatoms. The van der Waals surface area contributed by atoms with Crippen molar-refractivity contribution in [3.63, 3.8) is 0 Å². The molecule has 0 aliphatic rings. The van der Waals surface area contributed by atoms with Crippen LogP contribution in [0.3, 0.4) is 0 Å². The van der Waals surface area contributed by atoms with E-state index < -0.39 is 5.91 Å². The highest BCUT2D eigenvalue weighted by Gasteiger charge is 2.10. The number of hydrogen-bond donors (Lipinski definition) is 2. The zero-order valence-electron chi connectivity index (χ0n) is 14.9. The summed E-state index contributed by atoms with van der Waals surface area (Å²) in [5.74, 6) is -0.746. The van der Waals surface area contributed by atoms with Gasteiger partial charge >= 0.3 is 0 Å². The molecule has 0 fully saturated rings. The van der Waals surface area contributed by atoms with E-state index in [1.807, 2.05) is 32.9 Å². The largest absolute Gasteiger partial charge is 0.271 e. The van der Waals surface area contributed by atoms with Crippen LogP contribution in [0, 0.1) is 20.8 Å². The zero-order chi connectivity index (χ0) is 18.7. The predicted molar refractivity (Wildman–Crippen MR) is 95.6 cm³/mol. The van der Waals surface area contributed by atoms with Crippen molar-refractivity contribution in [1.82, 2.24) is 30.4 Å². The minimum absolute atomic E-state index is 0.0392. The molecule has 0 aliphatic carbocycles. The molecule has 2 heterocycles. The Labute approximate surface area is 150 Å². The maximum absolute atomic E-state index is 12.2. The van der Waals surface area contributed by atoms with E-state index in [1.54, 1.807) is 39.8 Å². The molecule has 26 heavy (non-hydrogen) atoms. The molecule has 1 aromatic carbocycles. The first-order valence-electron chi connectivity index (χ1n) is 8.15. The summed E-state index contributed by atoms with van der Waals surface area (Å²) in [7, 11) is 0. The minimum atomic E-state index is -0.393. The van der Waals surface area contributed by atoms with Crippen LogP contribution in [0.4, 0.5) is 0 Å². The number of nitrogens with zero attached hydrogens (tertiary/aromatic N) is 4. The maximum atomic E-state index is 12.2. The zero-order valence-corrected chi connectivity index (χ0v) is 14.9.